The Bertz CT molecular complexity index is 1110. The Kier molecular flexibility index (Phi) is 7.39. The number of carbonyl (C=O) groups is 4. The largest absolute Gasteiger partial charge is 0.496 e. The van der Waals surface area contributed by atoms with Gasteiger partial charge in [-0.3, -0.25) is 29.6 Å². The number of amides is 3. The number of nitrogens with one attached hydrogen (secondary N) is 2. The van der Waals surface area contributed by atoms with Crippen LogP contribution in [0.1, 0.15) is 22.3 Å². The van der Waals surface area contributed by atoms with E-state index in [9.17, 15) is 32.3 Å². The van der Waals surface area contributed by atoms with E-state index in [4.69, 9.17) is 9.47 Å². The average Bonchev–Trinajstić information content (AvgIpc) is 3.17. The molecule has 0 radical (unpaired) electrons. The molecule has 0 saturated carbocycles. The number of methoxy groups -OCH3 is 1. The first-order valence-corrected chi connectivity index (χ1v) is 9.97. The lowest BCUT2D eigenvalue weighted by Crippen LogP contribution is -2.43. The van der Waals surface area contributed by atoms with Gasteiger partial charge in [-0.05, 0) is 24.3 Å². The Labute approximate surface area is 191 Å². The number of carbonyl (C=O) groups excluding carboxylic acids is 4. The van der Waals surface area contributed by atoms with E-state index in [1.54, 1.807) is 18.2 Å². The van der Waals surface area contributed by atoms with E-state index in [0.717, 1.165) is 17.1 Å². The fourth-order valence-electron chi connectivity index (χ4n) is 3.27. The zero-order valence-electron chi connectivity index (χ0n) is 17.8. The molecule has 9 nitrogen and oxygen atoms in total. The minimum Gasteiger partial charge on any atom is -0.496 e. The number of benzene rings is 2. The maximum absolute atomic E-state index is 13.0. The summed E-state index contributed by atoms with van der Waals surface area (Å²) in [5.74, 6) is -3.73. The molecular formula is C22H20F3N3O6. The van der Waals surface area contributed by atoms with Crippen LogP contribution in [0.3, 0.4) is 0 Å². The zero-order valence-corrected chi connectivity index (χ0v) is 17.8. The summed E-state index contributed by atoms with van der Waals surface area (Å²) in [6.45, 7) is -1.04. The summed E-state index contributed by atoms with van der Waals surface area (Å²) in [7, 11) is 1.39. The number of rotatable bonds is 7. The first-order chi connectivity index (χ1) is 16.1. The Hall–Kier alpha value is -4.09. The minimum absolute atomic E-state index is 0.180. The highest BCUT2D eigenvalue weighted by molar-refractivity contribution is 5.99. The smallest absolute Gasteiger partial charge is 0.418 e. The molecule has 1 fully saturated rings. The molecule has 1 aliphatic rings. The molecule has 180 valence electrons. The molecule has 0 aromatic heterocycles. The highest BCUT2D eigenvalue weighted by Crippen LogP contribution is 2.34. The minimum atomic E-state index is -4.68. The van der Waals surface area contributed by atoms with E-state index in [1.165, 1.54) is 25.3 Å². The molecule has 0 bridgehead atoms. The number of hydrogen-bond donors (Lipinski definition) is 2. The van der Waals surface area contributed by atoms with Crippen LogP contribution in [0, 0.1) is 5.92 Å². The number of esters is 1. The van der Waals surface area contributed by atoms with E-state index < -0.39 is 53.6 Å². The SMILES string of the molecule is COc1ccccc1C(=O)NN1C[C@@H](C(=O)OCC(=O)Nc2ccccc2C(F)(F)F)CC1=O. The monoisotopic (exact) mass is 479 g/mol. The quantitative estimate of drug-likeness (QED) is 0.590. The topological polar surface area (TPSA) is 114 Å². The standard InChI is InChI=1S/C22H20F3N3O6/c1-33-17-9-5-2-6-14(17)20(31)27-28-11-13(10-19(28)30)21(32)34-12-18(29)26-16-8-4-3-7-15(16)22(23,24)25/h2-9,13H,10-12H2,1H3,(H,26,29)(H,27,31)/t13-/m0/s1. The summed E-state index contributed by atoms with van der Waals surface area (Å²) in [4.78, 5) is 48.9. The molecule has 1 aliphatic heterocycles. The summed E-state index contributed by atoms with van der Waals surface area (Å²) in [6, 6.07) is 10.7. The molecule has 0 spiro atoms. The van der Waals surface area contributed by atoms with Crippen LogP contribution in [0.4, 0.5) is 18.9 Å². The van der Waals surface area contributed by atoms with Gasteiger partial charge in [0.25, 0.3) is 11.8 Å². The van der Waals surface area contributed by atoms with Gasteiger partial charge < -0.3 is 14.8 Å². The number of hydrogen-bond acceptors (Lipinski definition) is 6. The van der Waals surface area contributed by atoms with E-state index >= 15 is 0 Å². The van der Waals surface area contributed by atoms with Crippen molar-refractivity contribution in [2.45, 2.75) is 12.6 Å². The predicted octanol–water partition coefficient (Wildman–Crippen LogP) is 2.39. The third-order valence-electron chi connectivity index (χ3n) is 4.90. The third-order valence-corrected chi connectivity index (χ3v) is 4.90. The fraction of sp³-hybridized carbons (Fsp3) is 0.273. The van der Waals surface area contributed by atoms with E-state index in [1.807, 2.05) is 0 Å². The summed E-state index contributed by atoms with van der Waals surface area (Å²) < 4.78 is 49.0. The van der Waals surface area contributed by atoms with Gasteiger partial charge in [0.05, 0.1) is 36.4 Å². The number of para-hydroxylation sites is 2. The van der Waals surface area contributed by atoms with Crippen LogP contribution in [0.15, 0.2) is 48.5 Å². The Morgan fingerprint density at radius 1 is 1.09 bits per heavy atom. The molecule has 34 heavy (non-hydrogen) atoms. The maximum atomic E-state index is 13.0. The molecule has 0 unspecified atom stereocenters. The molecule has 1 saturated heterocycles. The molecule has 2 aromatic carbocycles. The number of alkyl halides is 3. The van der Waals surface area contributed by atoms with Gasteiger partial charge in [-0.25, -0.2) is 0 Å². The molecular weight excluding hydrogens is 459 g/mol. The molecule has 12 heteroatoms. The summed E-state index contributed by atoms with van der Waals surface area (Å²) in [5.41, 5.74) is 1.06. The van der Waals surface area contributed by atoms with Gasteiger partial charge in [-0.1, -0.05) is 24.3 Å². The van der Waals surface area contributed by atoms with Crippen LogP contribution in [0.25, 0.3) is 0 Å². The van der Waals surface area contributed by atoms with Crippen molar-refractivity contribution >= 4 is 29.4 Å². The molecule has 3 amide bonds. The number of nitrogens with zero attached hydrogens (tertiary/aromatic N) is 1. The van der Waals surface area contributed by atoms with Crippen molar-refractivity contribution in [1.82, 2.24) is 10.4 Å². The number of anilines is 1. The van der Waals surface area contributed by atoms with Crippen molar-refractivity contribution < 1.29 is 41.8 Å². The van der Waals surface area contributed by atoms with Crippen LogP contribution in [0.5, 0.6) is 5.75 Å². The van der Waals surface area contributed by atoms with E-state index in [-0.39, 0.29) is 18.5 Å². The van der Waals surface area contributed by atoms with Gasteiger partial charge >= 0.3 is 12.1 Å². The fourth-order valence-corrected chi connectivity index (χ4v) is 3.27. The number of halogens is 3. The second-order valence-electron chi connectivity index (χ2n) is 7.25. The lowest BCUT2D eigenvalue weighted by Gasteiger charge is -2.18. The van der Waals surface area contributed by atoms with Crippen molar-refractivity contribution in [2.75, 3.05) is 25.6 Å². The van der Waals surface area contributed by atoms with Crippen molar-refractivity contribution in [2.24, 2.45) is 5.92 Å². The van der Waals surface area contributed by atoms with E-state index in [2.05, 4.69) is 10.7 Å². The summed E-state index contributed by atoms with van der Waals surface area (Å²) in [6.07, 6.45) is -4.95. The molecule has 1 heterocycles. The summed E-state index contributed by atoms with van der Waals surface area (Å²) >= 11 is 0. The number of hydrazine groups is 1. The van der Waals surface area contributed by atoms with Gasteiger partial charge in [-0.15, -0.1) is 0 Å². The lowest BCUT2D eigenvalue weighted by molar-refractivity contribution is -0.151. The third kappa shape index (κ3) is 5.82. The Morgan fingerprint density at radius 2 is 1.76 bits per heavy atom. The highest BCUT2D eigenvalue weighted by atomic mass is 19.4. The summed E-state index contributed by atoms with van der Waals surface area (Å²) in [5, 5.41) is 3.01. The van der Waals surface area contributed by atoms with Crippen molar-refractivity contribution in [1.29, 1.82) is 0 Å². The predicted molar refractivity (Wildman–Crippen MR) is 111 cm³/mol. The van der Waals surface area contributed by atoms with Crippen LogP contribution < -0.4 is 15.5 Å². The maximum Gasteiger partial charge on any atom is 0.418 e. The van der Waals surface area contributed by atoms with E-state index in [0.29, 0.717) is 5.75 Å². The Balaban J connectivity index is 1.53. The van der Waals surface area contributed by atoms with Crippen LogP contribution >= 0.6 is 0 Å². The normalized spacial score (nSPS) is 15.6. The van der Waals surface area contributed by atoms with Crippen molar-refractivity contribution in [3.05, 3.63) is 59.7 Å². The molecule has 2 N–H and O–H groups in total. The molecule has 3 rings (SSSR count). The second kappa shape index (κ2) is 10.2. The van der Waals surface area contributed by atoms with Gasteiger partial charge in [0.15, 0.2) is 6.61 Å². The molecule has 0 aliphatic carbocycles. The van der Waals surface area contributed by atoms with Gasteiger partial charge in [-0.2, -0.15) is 13.2 Å². The van der Waals surface area contributed by atoms with Crippen LogP contribution in [-0.2, 0) is 25.3 Å². The van der Waals surface area contributed by atoms with Gasteiger partial charge in [0.1, 0.15) is 5.75 Å². The highest BCUT2D eigenvalue weighted by Gasteiger charge is 2.37. The molecule has 2 aromatic rings. The average molecular weight is 479 g/mol. The van der Waals surface area contributed by atoms with Crippen molar-refractivity contribution in [3.8, 4) is 5.75 Å². The first kappa shape index (κ1) is 24.6. The zero-order chi connectivity index (χ0) is 24.9. The number of ether oxygens (including phenoxy) is 2. The lowest BCUT2D eigenvalue weighted by atomic mass is 10.1. The van der Waals surface area contributed by atoms with Crippen LogP contribution in [-0.4, -0.2) is 49.0 Å². The van der Waals surface area contributed by atoms with Gasteiger partial charge in [0, 0.05) is 6.42 Å². The second-order valence-corrected chi connectivity index (χ2v) is 7.25. The Morgan fingerprint density at radius 3 is 2.47 bits per heavy atom. The van der Waals surface area contributed by atoms with Crippen LogP contribution in [0.2, 0.25) is 0 Å². The molecule has 1 atom stereocenters. The first-order valence-electron chi connectivity index (χ1n) is 9.97. The van der Waals surface area contributed by atoms with Crippen molar-refractivity contribution in [3.63, 3.8) is 0 Å². The van der Waals surface area contributed by atoms with Gasteiger partial charge in [0.2, 0.25) is 5.91 Å².